The largest absolute Gasteiger partial charge is 0.383 e. The third-order valence-electron chi connectivity index (χ3n) is 3.24. The Labute approximate surface area is 123 Å². The van der Waals surface area contributed by atoms with Crippen molar-refractivity contribution in [2.75, 3.05) is 13.7 Å². The van der Waals surface area contributed by atoms with E-state index in [0.717, 1.165) is 23.4 Å². The maximum Gasteiger partial charge on any atom is 0.0837 e. The Morgan fingerprint density at radius 1 is 1.50 bits per heavy atom. The van der Waals surface area contributed by atoms with Crippen LogP contribution < -0.4 is 5.73 Å². The fourth-order valence-corrected chi connectivity index (χ4v) is 2.53. The van der Waals surface area contributed by atoms with Crippen LogP contribution in [0, 0.1) is 0 Å². The van der Waals surface area contributed by atoms with Gasteiger partial charge in [0.15, 0.2) is 0 Å². The Bertz CT molecular complexity index is 577. The summed E-state index contributed by atoms with van der Waals surface area (Å²) in [5.74, 6) is 0. The lowest BCUT2D eigenvalue weighted by atomic mass is 10.0. The SMILES string of the molecule is CCc1nn(C)cc1C(N)c1c(Cl)cnn1CCOC. The molecule has 2 heterocycles. The molecule has 2 aromatic rings. The zero-order valence-corrected chi connectivity index (χ0v) is 12.8. The maximum atomic E-state index is 6.38. The Kier molecular flexibility index (Phi) is 4.80. The number of hydrogen-bond donors (Lipinski definition) is 1. The van der Waals surface area contributed by atoms with Gasteiger partial charge in [0.05, 0.1) is 41.8 Å². The van der Waals surface area contributed by atoms with Gasteiger partial charge in [0.2, 0.25) is 0 Å². The summed E-state index contributed by atoms with van der Waals surface area (Å²) in [5.41, 5.74) is 9.15. The molecule has 20 heavy (non-hydrogen) atoms. The highest BCUT2D eigenvalue weighted by molar-refractivity contribution is 6.31. The first-order chi connectivity index (χ1) is 9.58. The lowest BCUT2D eigenvalue weighted by molar-refractivity contribution is 0.182. The van der Waals surface area contributed by atoms with Crippen LogP contribution in [0.2, 0.25) is 5.02 Å². The van der Waals surface area contributed by atoms with Crippen LogP contribution in [0.1, 0.15) is 29.9 Å². The van der Waals surface area contributed by atoms with Gasteiger partial charge in [0, 0.05) is 25.9 Å². The van der Waals surface area contributed by atoms with Gasteiger partial charge < -0.3 is 10.5 Å². The van der Waals surface area contributed by atoms with E-state index in [1.54, 1.807) is 22.7 Å². The first-order valence-corrected chi connectivity index (χ1v) is 6.94. The number of rotatable bonds is 6. The normalized spacial score (nSPS) is 12.8. The molecule has 2 N–H and O–H groups in total. The van der Waals surface area contributed by atoms with Gasteiger partial charge in [-0.1, -0.05) is 18.5 Å². The molecule has 6 nitrogen and oxygen atoms in total. The van der Waals surface area contributed by atoms with Crippen LogP contribution in [-0.4, -0.2) is 33.3 Å². The van der Waals surface area contributed by atoms with Crippen LogP contribution in [0.3, 0.4) is 0 Å². The second-order valence-corrected chi connectivity index (χ2v) is 5.04. The minimum Gasteiger partial charge on any atom is -0.383 e. The molecule has 0 radical (unpaired) electrons. The van der Waals surface area contributed by atoms with Gasteiger partial charge in [-0.25, -0.2) is 0 Å². The third kappa shape index (κ3) is 2.87. The van der Waals surface area contributed by atoms with Crippen molar-refractivity contribution in [3.05, 3.63) is 34.4 Å². The van der Waals surface area contributed by atoms with Crippen molar-refractivity contribution < 1.29 is 4.74 Å². The van der Waals surface area contributed by atoms with Crippen molar-refractivity contribution in [2.45, 2.75) is 25.9 Å². The molecule has 1 unspecified atom stereocenters. The number of nitrogens with zero attached hydrogens (tertiary/aromatic N) is 4. The van der Waals surface area contributed by atoms with Gasteiger partial charge in [0.1, 0.15) is 0 Å². The molecule has 0 spiro atoms. The molecule has 0 fully saturated rings. The Morgan fingerprint density at radius 3 is 2.90 bits per heavy atom. The minimum absolute atomic E-state index is 0.342. The molecule has 110 valence electrons. The lowest BCUT2D eigenvalue weighted by Crippen LogP contribution is -2.20. The fourth-order valence-electron chi connectivity index (χ4n) is 2.27. The predicted molar refractivity (Wildman–Crippen MR) is 77.7 cm³/mol. The van der Waals surface area contributed by atoms with E-state index >= 15 is 0 Å². The van der Waals surface area contributed by atoms with Gasteiger partial charge in [-0.2, -0.15) is 10.2 Å². The summed E-state index contributed by atoms with van der Waals surface area (Å²) in [4.78, 5) is 0. The molecule has 0 saturated heterocycles. The van der Waals surface area contributed by atoms with Gasteiger partial charge in [-0.05, 0) is 6.42 Å². The van der Waals surface area contributed by atoms with Crippen molar-refractivity contribution >= 4 is 11.6 Å². The second-order valence-electron chi connectivity index (χ2n) is 4.63. The average molecular weight is 298 g/mol. The molecule has 0 aliphatic rings. The van der Waals surface area contributed by atoms with Crippen LogP contribution in [0.25, 0.3) is 0 Å². The number of halogens is 1. The van der Waals surface area contributed by atoms with Gasteiger partial charge >= 0.3 is 0 Å². The number of aryl methyl sites for hydroxylation is 2. The second kappa shape index (κ2) is 6.39. The zero-order chi connectivity index (χ0) is 14.7. The van der Waals surface area contributed by atoms with Crippen LogP contribution in [-0.2, 0) is 24.8 Å². The summed E-state index contributed by atoms with van der Waals surface area (Å²) in [6, 6.07) is -0.342. The molecule has 0 aromatic carbocycles. The average Bonchev–Trinajstić information content (AvgIpc) is 2.98. The number of methoxy groups -OCH3 is 1. The first-order valence-electron chi connectivity index (χ1n) is 6.56. The van der Waals surface area contributed by atoms with E-state index in [4.69, 9.17) is 22.1 Å². The van der Waals surface area contributed by atoms with E-state index in [1.165, 1.54) is 0 Å². The molecule has 0 saturated carbocycles. The Hall–Kier alpha value is -1.37. The molecule has 0 aliphatic carbocycles. The highest BCUT2D eigenvalue weighted by Gasteiger charge is 2.22. The number of hydrogen-bond acceptors (Lipinski definition) is 4. The van der Waals surface area contributed by atoms with Gasteiger partial charge in [-0.15, -0.1) is 0 Å². The zero-order valence-electron chi connectivity index (χ0n) is 12.0. The Balaban J connectivity index is 2.36. The first kappa shape index (κ1) is 15.0. The van der Waals surface area contributed by atoms with E-state index in [1.807, 2.05) is 13.2 Å². The molecular formula is C13H20ClN5O. The molecule has 1 atom stereocenters. The van der Waals surface area contributed by atoms with Crippen molar-refractivity contribution in [1.29, 1.82) is 0 Å². The monoisotopic (exact) mass is 297 g/mol. The molecule has 0 aliphatic heterocycles. The predicted octanol–water partition coefficient (Wildman–Crippen LogP) is 1.53. The molecule has 2 aromatic heterocycles. The highest BCUT2D eigenvalue weighted by atomic mass is 35.5. The van der Waals surface area contributed by atoms with Crippen molar-refractivity contribution in [3.63, 3.8) is 0 Å². The van der Waals surface area contributed by atoms with Crippen LogP contribution in [0.15, 0.2) is 12.4 Å². The van der Waals surface area contributed by atoms with E-state index in [9.17, 15) is 0 Å². The summed E-state index contributed by atoms with van der Waals surface area (Å²) in [6.45, 7) is 3.24. The van der Waals surface area contributed by atoms with Crippen molar-refractivity contribution in [3.8, 4) is 0 Å². The van der Waals surface area contributed by atoms with Crippen LogP contribution >= 0.6 is 11.6 Å². The molecule has 2 rings (SSSR count). The standard InChI is InChI=1S/C13H20ClN5O/c1-4-11-9(8-18(2)17-11)12(15)13-10(14)7-16-19(13)5-6-20-3/h7-8,12H,4-6,15H2,1-3H3. The summed E-state index contributed by atoms with van der Waals surface area (Å²) in [6.07, 6.45) is 4.38. The molecule has 0 amide bonds. The molecule has 7 heteroatoms. The Morgan fingerprint density at radius 2 is 2.25 bits per heavy atom. The van der Waals surface area contributed by atoms with Crippen LogP contribution in [0.5, 0.6) is 0 Å². The lowest BCUT2D eigenvalue weighted by Gasteiger charge is -2.15. The van der Waals surface area contributed by atoms with E-state index in [-0.39, 0.29) is 6.04 Å². The van der Waals surface area contributed by atoms with E-state index in [0.29, 0.717) is 18.2 Å². The summed E-state index contributed by atoms with van der Waals surface area (Å²) in [7, 11) is 3.54. The molecule has 0 bridgehead atoms. The maximum absolute atomic E-state index is 6.38. The molecular weight excluding hydrogens is 278 g/mol. The van der Waals surface area contributed by atoms with Crippen LogP contribution in [0.4, 0.5) is 0 Å². The number of ether oxygens (including phenoxy) is 1. The van der Waals surface area contributed by atoms with Gasteiger partial charge in [0.25, 0.3) is 0 Å². The minimum atomic E-state index is -0.342. The number of nitrogens with two attached hydrogens (primary N) is 1. The summed E-state index contributed by atoms with van der Waals surface area (Å²) in [5, 5.41) is 9.25. The van der Waals surface area contributed by atoms with E-state index < -0.39 is 0 Å². The number of aromatic nitrogens is 4. The quantitative estimate of drug-likeness (QED) is 0.878. The fraction of sp³-hybridized carbons (Fsp3) is 0.538. The summed E-state index contributed by atoms with van der Waals surface area (Å²) >= 11 is 6.24. The highest BCUT2D eigenvalue weighted by Crippen LogP contribution is 2.28. The van der Waals surface area contributed by atoms with Crippen molar-refractivity contribution in [1.82, 2.24) is 19.6 Å². The third-order valence-corrected chi connectivity index (χ3v) is 3.53. The smallest absolute Gasteiger partial charge is 0.0837 e. The topological polar surface area (TPSA) is 70.9 Å². The van der Waals surface area contributed by atoms with Crippen molar-refractivity contribution in [2.24, 2.45) is 12.8 Å². The van der Waals surface area contributed by atoms with E-state index in [2.05, 4.69) is 17.1 Å². The van der Waals surface area contributed by atoms with Gasteiger partial charge in [-0.3, -0.25) is 9.36 Å². The summed E-state index contributed by atoms with van der Waals surface area (Å²) < 4.78 is 8.65.